The molecule has 1 heteroatoms. The first-order valence-electron chi connectivity index (χ1n) is 8.01. The Morgan fingerprint density at radius 2 is 1.50 bits per heavy atom. The molecule has 1 nitrogen and oxygen atoms in total. The minimum Gasteiger partial charge on any atom is -0.381 e. The van der Waals surface area contributed by atoms with Crippen LogP contribution in [0.15, 0.2) is 65.9 Å². The maximum atomic E-state index is 2.25. The molecule has 0 amide bonds. The Balaban J connectivity index is 2.11. The molecule has 0 aliphatic carbocycles. The van der Waals surface area contributed by atoms with E-state index in [1.54, 1.807) is 0 Å². The third-order valence-electron chi connectivity index (χ3n) is 4.28. The molecule has 22 heavy (non-hydrogen) atoms. The molecule has 0 aliphatic rings. The van der Waals surface area contributed by atoms with E-state index in [2.05, 4.69) is 87.4 Å². The second kappa shape index (κ2) is 7.84. The molecule has 0 atom stereocenters. The van der Waals surface area contributed by atoms with E-state index in [4.69, 9.17) is 0 Å². The standard InChI is InChI=1S/C21H27N/c1-17-10-12-19(13-11-17)14-15-21(18(2)22(3)4)16-20-8-6-5-7-9-20/h5-13H,14-16H2,1-4H3/b21-18-. The van der Waals surface area contributed by atoms with Gasteiger partial charge in [-0.05, 0) is 49.8 Å². The van der Waals surface area contributed by atoms with Crippen LogP contribution in [0.1, 0.15) is 30.0 Å². The van der Waals surface area contributed by atoms with Crippen LogP contribution in [0.25, 0.3) is 0 Å². The van der Waals surface area contributed by atoms with Crippen LogP contribution in [0.3, 0.4) is 0 Å². The van der Waals surface area contributed by atoms with Gasteiger partial charge in [0.05, 0.1) is 0 Å². The third-order valence-corrected chi connectivity index (χ3v) is 4.28. The quantitative estimate of drug-likeness (QED) is 0.724. The highest BCUT2D eigenvalue weighted by Crippen LogP contribution is 2.20. The van der Waals surface area contributed by atoms with Gasteiger partial charge in [-0.2, -0.15) is 0 Å². The Hall–Kier alpha value is -2.02. The number of allylic oxidation sites excluding steroid dienone is 2. The van der Waals surface area contributed by atoms with Gasteiger partial charge in [-0.3, -0.25) is 0 Å². The van der Waals surface area contributed by atoms with Crippen LogP contribution in [-0.4, -0.2) is 19.0 Å². The van der Waals surface area contributed by atoms with E-state index in [-0.39, 0.29) is 0 Å². The van der Waals surface area contributed by atoms with Crippen molar-refractivity contribution in [1.82, 2.24) is 4.90 Å². The van der Waals surface area contributed by atoms with Gasteiger partial charge in [0, 0.05) is 19.8 Å². The fraction of sp³-hybridized carbons (Fsp3) is 0.333. The molecule has 0 N–H and O–H groups in total. The van der Waals surface area contributed by atoms with Gasteiger partial charge in [-0.1, -0.05) is 60.2 Å². The summed E-state index contributed by atoms with van der Waals surface area (Å²) in [5, 5.41) is 0. The minimum absolute atomic E-state index is 1.04. The van der Waals surface area contributed by atoms with Crippen molar-refractivity contribution in [3.8, 4) is 0 Å². The molecule has 0 saturated carbocycles. The minimum atomic E-state index is 1.04. The lowest BCUT2D eigenvalue weighted by Crippen LogP contribution is -2.12. The second-order valence-corrected chi connectivity index (χ2v) is 6.23. The average molecular weight is 293 g/mol. The number of rotatable bonds is 6. The third kappa shape index (κ3) is 4.77. The molecule has 0 saturated heterocycles. The van der Waals surface area contributed by atoms with Gasteiger partial charge in [0.1, 0.15) is 0 Å². The van der Waals surface area contributed by atoms with Crippen LogP contribution >= 0.6 is 0 Å². The monoisotopic (exact) mass is 293 g/mol. The molecular weight excluding hydrogens is 266 g/mol. The molecule has 0 heterocycles. The molecule has 0 unspecified atom stereocenters. The molecule has 0 fully saturated rings. The molecule has 2 aromatic rings. The Bertz CT molecular complexity index is 606. The zero-order chi connectivity index (χ0) is 15.9. The molecule has 2 rings (SSSR count). The smallest absolute Gasteiger partial charge is 0.00912 e. The summed E-state index contributed by atoms with van der Waals surface area (Å²) in [4.78, 5) is 2.23. The molecule has 0 radical (unpaired) electrons. The van der Waals surface area contributed by atoms with Crippen molar-refractivity contribution in [1.29, 1.82) is 0 Å². The largest absolute Gasteiger partial charge is 0.381 e. The van der Waals surface area contributed by atoms with Crippen molar-refractivity contribution in [2.24, 2.45) is 0 Å². The van der Waals surface area contributed by atoms with Crippen molar-refractivity contribution >= 4 is 0 Å². The van der Waals surface area contributed by atoms with Gasteiger partial charge >= 0.3 is 0 Å². The summed E-state index contributed by atoms with van der Waals surface area (Å²) in [6, 6.07) is 19.7. The summed E-state index contributed by atoms with van der Waals surface area (Å²) in [6.45, 7) is 4.37. The summed E-state index contributed by atoms with van der Waals surface area (Å²) in [7, 11) is 4.26. The molecule has 0 aliphatic heterocycles. The zero-order valence-electron chi connectivity index (χ0n) is 14.3. The lowest BCUT2D eigenvalue weighted by Gasteiger charge is -2.19. The highest BCUT2D eigenvalue weighted by Gasteiger charge is 2.07. The van der Waals surface area contributed by atoms with E-state index in [9.17, 15) is 0 Å². The van der Waals surface area contributed by atoms with Gasteiger partial charge in [0.25, 0.3) is 0 Å². The Morgan fingerprint density at radius 1 is 0.864 bits per heavy atom. The van der Waals surface area contributed by atoms with Gasteiger partial charge < -0.3 is 4.90 Å². The maximum absolute atomic E-state index is 2.25. The first kappa shape index (κ1) is 16.4. The van der Waals surface area contributed by atoms with E-state index in [0.29, 0.717) is 0 Å². The first-order chi connectivity index (χ1) is 10.6. The molecular formula is C21H27N. The Kier molecular flexibility index (Phi) is 5.83. The van der Waals surface area contributed by atoms with Crippen LogP contribution < -0.4 is 0 Å². The van der Waals surface area contributed by atoms with Crippen molar-refractivity contribution in [3.63, 3.8) is 0 Å². The average Bonchev–Trinajstić information content (AvgIpc) is 2.53. The Morgan fingerprint density at radius 3 is 2.09 bits per heavy atom. The predicted molar refractivity (Wildman–Crippen MR) is 96.0 cm³/mol. The molecule has 0 bridgehead atoms. The van der Waals surface area contributed by atoms with Crippen LogP contribution in [-0.2, 0) is 12.8 Å². The predicted octanol–water partition coefficient (Wildman–Crippen LogP) is 5.01. The highest BCUT2D eigenvalue weighted by molar-refractivity contribution is 5.27. The topological polar surface area (TPSA) is 3.24 Å². The van der Waals surface area contributed by atoms with Gasteiger partial charge in [0.15, 0.2) is 0 Å². The molecule has 0 aromatic heterocycles. The van der Waals surface area contributed by atoms with E-state index >= 15 is 0 Å². The number of hydrogen-bond donors (Lipinski definition) is 0. The van der Waals surface area contributed by atoms with Crippen molar-refractivity contribution in [3.05, 3.63) is 82.6 Å². The van der Waals surface area contributed by atoms with E-state index in [1.807, 2.05) is 0 Å². The summed E-state index contributed by atoms with van der Waals surface area (Å²) in [5.74, 6) is 0. The van der Waals surface area contributed by atoms with Crippen LogP contribution in [0.4, 0.5) is 0 Å². The van der Waals surface area contributed by atoms with Gasteiger partial charge in [-0.15, -0.1) is 0 Å². The number of hydrogen-bond acceptors (Lipinski definition) is 1. The Labute approximate surface area is 135 Å². The lowest BCUT2D eigenvalue weighted by atomic mass is 9.96. The SMILES string of the molecule is C/C(=C(\CCc1ccc(C)cc1)Cc1ccccc1)N(C)C. The van der Waals surface area contributed by atoms with Gasteiger partial charge in [0.2, 0.25) is 0 Å². The number of nitrogens with zero attached hydrogens (tertiary/aromatic N) is 1. The van der Waals surface area contributed by atoms with Crippen molar-refractivity contribution < 1.29 is 0 Å². The zero-order valence-corrected chi connectivity index (χ0v) is 14.3. The lowest BCUT2D eigenvalue weighted by molar-refractivity contribution is 0.500. The summed E-state index contributed by atoms with van der Waals surface area (Å²) in [6.07, 6.45) is 3.26. The number of benzene rings is 2. The normalized spacial score (nSPS) is 12.0. The van der Waals surface area contributed by atoms with Crippen LogP contribution in [0.2, 0.25) is 0 Å². The number of aryl methyl sites for hydroxylation is 2. The van der Waals surface area contributed by atoms with Crippen molar-refractivity contribution in [2.75, 3.05) is 14.1 Å². The van der Waals surface area contributed by atoms with E-state index in [1.165, 1.54) is 28.0 Å². The van der Waals surface area contributed by atoms with E-state index in [0.717, 1.165) is 19.3 Å². The van der Waals surface area contributed by atoms with E-state index < -0.39 is 0 Å². The first-order valence-corrected chi connectivity index (χ1v) is 8.01. The highest BCUT2D eigenvalue weighted by atomic mass is 15.1. The van der Waals surface area contributed by atoms with Gasteiger partial charge in [-0.25, -0.2) is 0 Å². The second-order valence-electron chi connectivity index (χ2n) is 6.23. The maximum Gasteiger partial charge on any atom is 0.00912 e. The summed E-state index contributed by atoms with van der Waals surface area (Å²) >= 11 is 0. The summed E-state index contributed by atoms with van der Waals surface area (Å²) < 4.78 is 0. The fourth-order valence-electron chi connectivity index (χ4n) is 2.61. The molecule has 0 spiro atoms. The summed E-state index contributed by atoms with van der Waals surface area (Å²) in [5.41, 5.74) is 7.05. The molecule has 116 valence electrons. The molecule has 2 aromatic carbocycles. The van der Waals surface area contributed by atoms with Crippen LogP contribution in [0.5, 0.6) is 0 Å². The van der Waals surface area contributed by atoms with Crippen molar-refractivity contribution in [2.45, 2.75) is 33.1 Å². The fourth-order valence-corrected chi connectivity index (χ4v) is 2.61. The van der Waals surface area contributed by atoms with Crippen LogP contribution in [0, 0.1) is 6.92 Å².